The largest absolute Gasteiger partial charge is 0.480 e. The number of aromatic carboxylic acids is 1. The molecule has 1 aromatic heterocycles. The van der Waals surface area contributed by atoms with Crippen LogP contribution in [0.15, 0.2) is 48.5 Å². The quantitative estimate of drug-likeness (QED) is 0.798. The molecule has 1 heterocycles. The minimum absolute atomic E-state index is 0.183. The monoisotopic (exact) mass is 280 g/mol. The number of fused-ring (bicyclic) bond motifs is 1. The van der Waals surface area contributed by atoms with Crippen LogP contribution in [0.1, 0.15) is 10.4 Å². The standard InChI is InChI=1S/C16H12N2O3/c1-21-15-12-8-7-11(16(19)20)9-13(12)17-14(18-15)10-5-3-2-4-6-10/h2-9H,1H3,(H,19,20). The van der Waals surface area contributed by atoms with Crippen molar-refractivity contribution in [3.05, 3.63) is 54.1 Å². The van der Waals surface area contributed by atoms with Crippen molar-refractivity contribution < 1.29 is 14.6 Å². The Morgan fingerprint density at radius 3 is 2.52 bits per heavy atom. The van der Waals surface area contributed by atoms with Gasteiger partial charge in [0, 0.05) is 5.56 Å². The molecule has 0 fully saturated rings. The third-order valence-electron chi connectivity index (χ3n) is 3.13. The molecule has 3 aromatic rings. The van der Waals surface area contributed by atoms with Gasteiger partial charge in [-0.1, -0.05) is 30.3 Å². The Labute approximate surface area is 120 Å². The van der Waals surface area contributed by atoms with Crippen LogP contribution in [0.4, 0.5) is 0 Å². The van der Waals surface area contributed by atoms with E-state index in [9.17, 15) is 4.79 Å². The molecule has 0 aliphatic rings. The maximum atomic E-state index is 11.1. The van der Waals surface area contributed by atoms with E-state index >= 15 is 0 Å². The van der Waals surface area contributed by atoms with Crippen LogP contribution < -0.4 is 4.74 Å². The Morgan fingerprint density at radius 1 is 1.10 bits per heavy atom. The van der Waals surface area contributed by atoms with Crippen LogP contribution >= 0.6 is 0 Å². The maximum Gasteiger partial charge on any atom is 0.335 e. The molecule has 5 nitrogen and oxygen atoms in total. The van der Waals surface area contributed by atoms with Crippen molar-refractivity contribution in [3.63, 3.8) is 0 Å². The van der Waals surface area contributed by atoms with Crippen LogP contribution in [0.25, 0.3) is 22.3 Å². The molecule has 0 aliphatic carbocycles. The molecule has 1 N–H and O–H groups in total. The molecule has 0 atom stereocenters. The van der Waals surface area contributed by atoms with Gasteiger partial charge in [0.1, 0.15) is 0 Å². The number of carboxylic acids is 1. The molecule has 0 aliphatic heterocycles. The SMILES string of the molecule is COc1nc(-c2ccccc2)nc2cc(C(=O)O)ccc12. The zero-order valence-corrected chi connectivity index (χ0v) is 11.3. The first-order chi connectivity index (χ1) is 10.2. The summed E-state index contributed by atoms with van der Waals surface area (Å²) in [5, 5.41) is 9.77. The van der Waals surface area contributed by atoms with Gasteiger partial charge in [-0.3, -0.25) is 0 Å². The molecule has 0 unspecified atom stereocenters. The lowest BCUT2D eigenvalue weighted by atomic mass is 10.1. The van der Waals surface area contributed by atoms with Crippen molar-refractivity contribution >= 4 is 16.9 Å². The molecular formula is C16H12N2O3. The van der Waals surface area contributed by atoms with Gasteiger partial charge in [0.15, 0.2) is 5.82 Å². The average molecular weight is 280 g/mol. The van der Waals surface area contributed by atoms with E-state index in [-0.39, 0.29) is 5.56 Å². The van der Waals surface area contributed by atoms with Crippen molar-refractivity contribution in [1.29, 1.82) is 0 Å². The number of carbonyl (C=O) groups is 1. The molecule has 21 heavy (non-hydrogen) atoms. The van der Waals surface area contributed by atoms with Gasteiger partial charge in [-0.15, -0.1) is 0 Å². The van der Waals surface area contributed by atoms with E-state index in [4.69, 9.17) is 9.84 Å². The summed E-state index contributed by atoms with van der Waals surface area (Å²) >= 11 is 0. The number of aromatic nitrogens is 2. The fourth-order valence-corrected chi connectivity index (χ4v) is 2.11. The Hall–Kier alpha value is -2.95. The minimum atomic E-state index is -0.990. The van der Waals surface area contributed by atoms with Gasteiger partial charge >= 0.3 is 5.97 Å². The van der Waals surface area contributed by atoms with Gasteiger partial charge in [0.2, 0.25) is 5.88 Å². The molecule has 0 saturated carbocycles. The van der Waals surface area contributed by atoms with Crippen LogP contribution in [0.3, 0.4) is 0 Å². The van der Waals surface area contributed by atoms with Crippen molar-refractivity contribution in [3.8, 4) is 17.3 Å². The number of hydrogen-bond acceptors (Lipinski definition) is 4. The van der Waals surface area contributed by atoms with Crippen molar-refractivity contribution in [1.82, 2.24) is 9.97 Å². The van der Waals surface area contributed by atoms with Gasteiger partial charge in [-0.2, -0.15) is 4.98 Å². The topological polar surface area (TPSA) is 72.3 Å². The molecule has 0 bridgehead atoms. The molecule has 5 heteroatoms. The Balaban J connectivity index is 2.26. The summed E-state index contributed by atoms with van der Waals surface area (Å²) in [5.41, 5.74) is 1.57. The first-order valence-corrected chi connectivity index (χ1v) is 6.33. The predicted molar refractivity (Wildman–Crippen MR) is 78.5 cm³/mol. The summed E-state index contributed by atoms with van der Waals surface area (Å²) in [5.74, 6) is -0.0611. The highest BCUT2D eigenvalue weighted by atomic mass is 16.5. The van der Waals surface area contributed by atoms with Gasteiger partial charge in [-0.25, -0.2) is 9.78 Å². The first-order valence-electron chi connectivity index (χ1n) is 6.33. The van der Waals surface area contributed by atoms with E-state index in [0.717, 1.165) is 5.56 Å². The van der Waals surface area contributed by atoms with Crippen molar-refractivity contribution in [2.75, 3.05) is 7.11 Å². The zero-order valence-electron chi connectivity index (χ0n) is 11.3. The average Bonchev–Trinajstić information content (AvgIpc) is 2.54. The van der Waals surface area contributed by atoms with Gasteiger partial charge < -0.3 is 9.84 Å². The number of carboxylic acid groups (broad SMARTS) is 1. The number of rotatable bonds is 3. The van der Waals surface area contributed by atoms with Crippen LogP contribution in [0.2, 0.25) is 0 Å². The van der Waals surface area contributed by atoms with Crippen LogP contribution in [-0.2, 0) is 0 Å². The molecule has 2 aromatic carbocycles. The number of hydrogen-bond donors (Lipinski definition) is 1. The lowest BCUT2D eigenvalue weighted by molar-refractivity contribution is 0.0697. The molecule has 0 spiro atoms. The van der Waals surface area contributed by atoms with E-state index < -0.39 is 5.97 Å². The van der Waals surface area contributed by atoms with Gasteiger partial charge in [0.05, 0.1) is 23.6 Å². The summed E-state index contributed by atoms with van der Waals surface area (Å²) in [6.07, 6.45) is 0. The smallest absolute Gasteiger partial charge is 0.335 e. The van der Waals surface area contributed by atoms with Gasteiger partial charge in [0.25, 0.3) is 0 Å². The minimum Gasteiger partial charge on any atom is -0.480 e. The summed E-state index contributed by atoms with van der Waals surface area (Å²) in [7, 11) is 1.53. The highest BCUT2D eigenvalue weighted by molar-refractivity contribution is 5.94. The van der Waals surface area contributed by atoms with Crippen LogP contribution in [0.5, 0.6) is 5.88 Å². The third kappa shape index (κ3) is 2.41. The Morgan fingerprint density at radius 2 is 1.86 bits per heavy atom. The van der Waals surface area contributed by atoms with E-state index in [1.807, 2.05) is 30.3 Å². The van der Waals surface area contributed by atoms with E-state index in [1.54, 1.807) is 6.07 Å². The van der Waals surface area contributed by atoms with Crippen molar-refractivity contribution in [2.24, 2.45) is 0 Å². The number of methoxy groups -OCH3 is 1. The Bertz CT molecular complexity index is 816. The lowest BCUT2D eigenvalue weighted by Gasteiger charge is -2.08. The lowest BCUT2D eigenvalue weighted by Crippen LogP contribution is -1.99. The number of benzene rings is 2. The molecular weight excluding hydrogens is 268 g/mol. The van der Waals surface area contributed by atoms with Gasteiger partial charge in [-0.05, 0) is 18.2 Å². The maximum absolute atomic E-state index is 11.1. The van der Waals surface area contributed by atoms with E-state index in [1.165, 1.54) is 19.2 Å². The van der Waals surface area contributed by atoms with E-state index in [0.29, 0.717) is 22.6 Å². The van der Waals surface area contributed by atoms with Crippen LogP contribution in [-0.4, -0.2) is 28.2 Å². The molecule has 0 radical (unpaired) electrons. The molecule has 3 rings (SSSR count). The molecule has 104 valence electrons. The summed E-state index contributed by atoms with van der Waals surface area (Å²) in [6.45, 7) is 0. The fourth-order valence-electron chi connectivity index (χ4n) is 2.11. The zero-order chi connectivity index (χ0) is 14.8. The molecule has 0 amide bonds. The summed E-state index contributed by atoms with van der Waals surface area (Å²) in [6, 6.07) is 14.2. The second kappa shape index (κ2) is 5.20. The van der Waals surface area contributed by atoms with Crippen molar-refractivity contribution in [2.45, 2.75) is 0 Å². The Kier molecular flexibility index (Phi) is 3.23. The second-order valence-corrected chi connectivity index (χ2v) is 4.46. The predicted octanol–water partition coefficient (Wildman–Crippen LogP) is 3.00. The highest BCUT2D eigenvalue weighted by Crippen LogP contribution is 2.27. The summed E-state index contributed by atoms with van der Waals surface area (Å²) in [4.78, 5) is 19.9. The highest BCUT2D eigenvalue weighted by Gasteiger charge is 2.12. The summed E-state index contributed by atoms with van der Waals surface area (Å²) < 4.78 is 5.29. The molecule has 0 saturated heterocycles. The first kappa shape index (κ1) is 13.1. The van der Waals surface area contributed by atoms with E-state index in [2.05, 4.69) is 9.97 Å². The fraction of sp³-hybridized carbons (Fsp3) is 0.0625. The number of nitrogens with zero attached hydrogens (tertiary/aromatic N) is 2. The second-order valence-electron chi connectivity index (χ2n) is 4.46. The van der Waals surface area contributed by atoms with Crippen LogP contribution in [0, 0.1) is 0 Å². The number of ether oxygens (including phenoxy) is 1. The normalized spacial score (nSPS) is 10.5. The third-order valence-corrected chi connectivity index (χ3v) is 3.13.